The lowest BCUT2D eigenvalue weighted by molar-refractivity contribution is -0.123. The monoisotopic (exact) mass is 506 g/mol. The molecule has 1 heterocycles. The zero-order valence-corrected chi connectivity index (χ0v) is 21.3. The average Bonchev–Trinajstić information content (AvgIpc) is 2.72. The molecule has 4 rings (SSSR count). The van der Waals surface area contributed by atoms with Gasteiger partial charge in [0.1, 0.15) is 17.1 Å². The van der Waals surface area contributed by atoms with Gasteiger partial charge in [0.05, 0.1) is 29.1 Å². The molecule has 1 unspecified atom stereocenters. The second kappa shape index (κ2) is 9.66. The second-order valence-corrected chi connectivity index (χ2v) is 11.6. The van der Waals surface area contributed by atoms with Crippen molar-refractivity contribution in [3.8, 4) is 11.5 Å². The van der Waals surface area contributed by atoms with Crippen LogP contribution in [0.15, 0.2) is 36.4 Å². The maximum atomic E-state index is 13.0. The summed E-state index contributed by atoms with van der Waals surface area (Å²) >= 11 is 6.41. The molecule has 0 radical (unpaired) electrons. The predicted molar refractivity (Wildman–Crippen MR) is 133 cm³/mol. The summed E-state index contributed by atoms with van der Waals surface area (Å²) in [5.41, 5.74) is 1.79. The highest BCUT2D eigenvalue weighted by Crippen LogP contribution is 2.50. The van der Waals surface area contributed by atoms with Crippen molar-refractivity contribution in [2.24, 2.45) is 0 Å². The Labute approximate surface area is 206 Å². The van der Waals surface area contributed by atoms with Crippen molar-refractivity contribution >= 4 is 33.2 Å². The van der Waals surface area contributed by atoms with Crippen LogP contribution >= 0.6 is 11.6 Å². The van der Waals surface area contributed by atoms with Crippen molar-refractivity contribution in [2.45, 2.75) is 70.1 Å². The van der Waals surface area contributed by atoms with Gasteiger partial charge in [-0.1, -0.05) is 35.9 Å². The maximum Gasteiger partial charge on any atom is 0.229 e. The summed E-state index contributed by atoms with van der Waals surface area (Å²) in [5, 5.41) is 3.74. The summed E-state index contributed by atoms with van der Waals surface area (Å²) in [7, 11) is -3.47. The van der Waals surface area contributed by atoms with Gasteiger partial charge in [-0.25, -0.2) is 8.42 Å². The Morgan fingerprint density at radius 3 is 2.62 bits per heavy atom. The van der Waals surface area contributed by atoms with E-state index in [2.05, 4.69) is 10.0 Å². The number of carbonyl (C=O) groups excluding carboxylic acids is 1. The van der Waals surface area contributed by atoms with Crippen molar-refractivity contribution < 1.29 is 22.7 Å². The summed E-state index contributed by atoms with van der Waals surface area (Å²) in [5.74, 6) is 1.03. The number of anilines is 1. The minimum Gasteiger partial charge on any atom is -0.489 e. The third kappa shape index (κ3) is 5.61. The number of benzene rings is 2. The van der Waals surface area contributed by atoms with Gasteiger partial charge < -0.3 is 14.8 Å². The number of rotatable bonds is 8. The normalized spacial score (nSPS) is 18.6. The molecular weight excluding hydrogens is 476 g/mol. The van der Waals surface area contributed by atoms with Crippen molar-refractivity contribution in [3.05, 3.63) is 52.5 Å². The summed E-state index contributed by atoms with van der Waals surface area (Å²) in [6.07, 6.45) is 5.33. The molecule has 1 spiro atoms. The number of amides is 1. The number of aryl methyl sites for hydroxylation is 1. The average molecular weight is 507 g/mol. The number of fused-ring (bicyclic) bond motifs is 1. The number of halogens is 1. The molecule has 1 atom stereocenters. The number of hydrogen-bond acceptors (Lipinski definition) is 5. The smallest absolute Gasteiger partial charge is 0.229 e. The van der Waals surface area contributed by atoms with Crippen molar-refractivity contribution in [3.63, 3.8) is 0 Å². The quantitative estimate of drug-likeness (QED) is 0.525. The Morgan fingerprint density at radius 1 is 1.24 bits per heavy atom. The molecule has 1 fully saturated rings. The molecule has 2 N–H and O–H groups in total. The van der Waals surface area contributed by atoms with Crippen LogP contribution in [-0.2, 0) is 21.2 Å². The Morgan fingerprint density at radius 2 is 1.97 bits per heavy atom. The SMILES string of the molecule is CC(C)Oc1c(CCC(=O)NC2CC3(CCC3)Oc3c(Cl)cccc32)cccc1NS(C)(=O)=O. The number of nitrogens with one attached hydrogen (secondary N) is 2. The first-order valence-electron chi connectivity index (χ1n) is 11.6. The van der Waals surface area contributed by atoms with Gasteiger partial charge in [-0.2, -0.15) is 0 Å². The molecular formula is C25H31ClN2O5S. The third-order valence-corrected chi connectivity index (χ3v) is 7.12. The standard InChI is InChI=1S/C25H31ClN2O5S/c1-16(2)32-23-17(7-4-10-20(23)28-34(3,30)31)11-12-22(29)27-21-15-25(13-6-14-25)33-24-18(21)8-5-9-19(24)26/h4-5,7-10,16,21,28H,6,11-15H2,1-3H3,(H,27,29). The van der Waals surface area contributed by atoms with Gasteiger partial charge in [0.15, 0.2) is 0 Å². The van der Waals surface area contributed by atoms with Gasteiger partial charge in [-0.3, -0.25) is 9.52 Å². The summed E-state index contributed by atoms with van der Waals surface area (Å²) in [6.45, 7) is 3.75. The number of ether oxygens (including phenoxy) is 2. The van der Waals surface area contributed by atoms with E-state index in [1.807, 2.05) is 38.1 Å². The molecule has 1 aliphatic carbocycles. The first kappa shape index (κ1) is 24.7. The van der Waals surface area contributed by atoms with Crippen LogP contribution in [0.25, 0.3) is 0 Å². The highest BCUT2D eigenvalue weighted by atomic mass is 35.5. The van der Waals surface area contributed by atoms with Gasteiger partial charge in [0.2, 0.25) is 15.9 Å². The first-order chi connectivity index (χ1) is 16.1. The van der Waals surface area contributed by atoms with Gasteiger partial charge >= 0.3 is 0 Å². The van der Waals surface area contributed by atoms with Crippen molar-refractivity contribution in [1.29, 1.82) is 0 Å². The number of sulfonamides is 1. The Balaban J connectivity index is 1.49. The molecule has 2 aromatic rings. The number of hydrogen-bond donors (Lipinski definition) is 2. The van der Waals surface area contributed by atoms with E-state index in [9.17, 15) is 13.2 Å². The molecule has 184 valence electrons. The van der Waals surface area contributed by atoms with Crippen LogP contribution in [0.2, 0.25) is 5.02 Å². The van der Waals surface area contributed by atoms with Crippen LogP contribution in [0.4, 0.5) is 5.69 Å². The lowest BCUT2D eigenvalue weighted by Crippen LogP contribution is -2.49. The summed E-state index contributed by atoms with van der Waals surface area (Å²) in [6, 6.07) is 10.7. The fraction of sp³-hybridized carbons (Fsp3) is 0.480. The molecule has 0 saturated heterocycles. The highest BCUT2D eigenvalue weighted by molar-refractivity contribution is 7.92. The van der Waals surface area contributed by atoms with E-state index in [0.29, 0.717) is 28.6 Å². The van der Waals surface area contributed by atoms with E-state index in [1.54, 1.807) is 12.1 Å². The molecule has 7 nitrogen and oxygen atoms in total. The van der Waals surface area contributed by atoms with Crippen LogP contribution < -0.4 is 19.5 Å². The second-order valence-electron chi connectivity index (χ2n) is 9.46. The van der Waals surface area contributed by atoms with Crippen LogP contribution in [-0.4, -0.2) is 32.3 Å². The fourth-order valence-corrected chi connectivity index (χ4v) is 5.39. The molecule has 34 heavy (non-hydrogen) atoms. The van der Waals surface area contributed by atoms with E-state index >= 15 is 0 Å². The van der Waals surface area contributed by atoms with Gasteiger partial charge in [-0.15, -0.1) is 0 Å². The zero-order chi connectivity index (χ0) is 24.5. The minimum absolute atomic E-state index is 0.0933. The van der Waals surface area contributed by atoms with E-state index in [0.717, 1.165) is 43.1 Å². The van der Waals surface area contributed by atoms with Crippen LogP contribution in [0, 0.1) is 0 Å². The van der Waals surface area contributed by atoms with Crippen LogP contribution in [0.3, 0.4) is 0 Å². The van der Waals surface area contributed by atoms with Gasteiger partial charge in [-0.05, 0) is 57.2 Å². The molecule has 0 bridgehead atoms. The van der Waals surface area contributed by atoms with Gasteiger partial charge in [0.25, 0.3) is 0 Å². The molecule has 2 aliphatic rings. The van der Waals surface area contributed by atoms with E-state index in [-0.39, 0.29) is 30.1 Å². The van der Waals surface area contributed by atoms with Crippen molar-refractivity contribution in [2.75, 3.05) is 11.0 Å². The largest absolute Gasteiger partial charge is 0.489 e. The lowest BCUT2D eigenvalue weighted by Gasteiger charge is -2.48. The molecule has 0 aromatic heterocycles. The first-order valence-corrected chi connectivity index (χ1v) is 13.9. The zero-order valence-electron chi connectivity index (χ0n) is 19.7. The minimum atomic E-state index is -3.47. The molecule has 2 aromatic carbocycles. The van der Waals surface area contributed by atoms with E-state index in [1.165, 1.54) is 0 Å². The third-order valence-electron chi connectivity index (χ3n) is 6.23. The predicted octanol–water partition coefficient (Wildman–Crippen LogP) is 4.99. The molecule has 1 saturated carbocycles. The van der Waals surface area contributed by atoms with Crippen LogP contribution in [0.1, 0.15) is 63.1 Å². The summed E-state index contributed by atoms with van der Waals surface area (Å²) in [4.78, 5) is 13.0. The molecule has 9 heteroatoms. The molecule has 1 aliphatic heterocycles. The summed E-state index contributed by atoms with van der Waals surface area (Å²) < 4.78 is 38.3. The Hall–Kier alpha value is -2.45. The number of para-hydroxylation sites is 2. The highest BCUT2D eigenvalue weighted by Gasteiger charge is 2.46. The maximum absolute atomic E-state index is 13.0. The van der Waals surface area contributed by atoms with Crippen LogP contribution in [0.5, 0.6) is 11.5 Å². The molecule has 1 amide bonds. The number of carbonyl (C=O) groups is 1. The lowest BCUT2D eigenvalue weighted by atomic mass is 9.73. The topological polar surface area (TPSA) is 93.7 Å². The Bertz CT molecular complexity index is 1180. The van der Waals surface area contributed by atoms with E-state index in [4.69, 9.17) is 21.1 Å². The Kier molecular flexibility index (Phi) is 7.01. The fourth-order valence-electron chi connectivity index (χ4n) is 4.61. The van der Waals surface area contributed by atoms with E-state index < -0.39 is 10.0 Å². The van der Waals surface area contributed by atoms with Gasteiger partial charge in [0, 0.05) is 18.4 Å². The van der Waals surface area contributed by atoms with Crippen molar-refractivity contribution in [1.82, 2.24) is 5.32 Å².